The Bertz CT molecular complexity index is 406. The Kier molecular flexibility index (Phi) is 3.79. The highest BCUT2D eigenvalue weighted by molar-refractivity contribution is 5.92. The first-order valence-corrected chi connectivity index (χ1v) is 6.47. The van der Waals surface area contributed by atoms with Gasteiger partial charge in [0.2, 0.25) is 0 Å². The molecule has 98 valence electrons. The van der Waals surface area contributed by atoms with Gasteiger partial charge >= 0.3 is 0 Å². The summed E-state index contributed by atoms with van der Waals surface area (Å²) in [6, 6.07) is 0.554. The molecule has 0 aromatic carbocycles. The molecule has 1 fully saturated rings. The van der Waals surface area contributed by atoms with Gasteiger partial charge in [-0.05, 0) is 31.6 Å². The standard InChI is InChI=1S/C13H21N5/c1-9-3-5-10(6-4-9)18(2)12-8-16-11(7-17-12)13(14)15/h7-10H,3-6H2,1-2H3,(H3,14,15). The Balaban J connectivity index is 2.04. The molecule has 3 N–H and O–H groups in total. The molecular weight excluding hydrogens is 226 g/mol. The largest absolute Gasteiger partial charge is 0.382 e. The minimum absolute atomic E-state index is 0.0387. The lowest BCUT2D eigenvalue weighted by atomic mass is 9.87. The van der Waals surface area contributed by atoms with E-state index in [1.54, 1.807) is 12.4 Å². The number of rotatable bonds is 3. The number of amidine groups is 1. The predicted molar refractivity (Wildman–Crippen MR) is 72.9 cm³/mol. The SMILES string of the molecule is CC1CCC(N(C)c2cnc(C(=N)N)cn2)CC1. The van der Waals surface area contributed by atoms with Crippen molar-refractivity contribution in [1.29, 1.82) is 5.41 Å². The maximum absolute atomic E-state index is 7.29. The van der Waals surface area contributed by atoms with Crippen LogP contribution in [-0.4, -0.2) is 28.9 Å². The minimum atomic E-state index is -0.0387. The molecule has 1 aromatic rings. The summed E-state index contributed by atoms with van der Waals surface area (Å²) in [6.45, 7) is 2.32. The number of nitrogens with one attached hydrogen (secondary N) is 1. The summed E-state index contributed by atoms with van der Waals surface area (Å²) < 4.78 is 0. The number of hydrogen-bond donors (Lipinski definition) is 2. The molecule has 1 aromatic heterocycles. The van der Waals surface area contributed by atoms with Gasteiger partial charge in [-0.25, -0.2) is 9.97 Å². The fourth-order valence-electron chi connectivity index (χ4n) is 2.46. The van der Waals surface area contributed by atoms with Crippen LogP contribution in [0.2, 0.25) is 0 Å². The lowest BCUT2D eigenvalue weighted by molar-refractivity contribution is 0.340. The van der Waals surface area contributed by atoms with Crippen molar-refractivity contribution in [2.24, 2.45) is 11.7 Å². The van der Waals surface area contributed by atoms with Gasteiger partial charge in [-0.1, -0.05) is 6.92 Å². The number of nitrogens with two attached hydrogens (primary N) is 1. The van der Waals surface area contributed by atoms with Crippen LogP contribution in [0, 0.1) is 11.3 Å². The van der Waals surface area contributed by atoms with Crippen molar-refractivity contribution in [3.8, 4) is 0 Å². The van der Waals surface area contributed by atoms with Crippen LogP contribution in [-0.2, 0) is 0 Å². The molecule has 5 nitrogen and oxygen atoms in total. The molecule has 0 atom stereocenters. The van der Waals surface area contributed by atoms with Crippen molar-refractivity contribution in [1.82, 2.24) is 9.97 Å². The molecule has 0 radical (unpaired) electrons. The zero-order valence-electron chi connectivity index (χ0n) is 11.1. The first-order valence-electron chi connectivity index (χ1n) is 6.47. The van der Waals surface area contributed by atoms with E-state index in [9.17, 15) is 0 Å². The van der Waals surface area contributed by atoms with Crippen LogP contribution < -0.4 is 10.6 Å². The Morgan fingerprint density at radius 1 is 1.28 bits per heavy atom. The molecule has 1 aliphatic carbocycles. The average Bonchev–Trinajstić information content (AvgIpc) is 2.39. The van der Waals surface area contributed by atoms with Crippen molar-refractivity contribution in [2.75, 3.05) is 11.9 Å². The molecule has 0 unspecified atom stereocenters. The van der Waals surface area contributed by atoms with Crippen LogP contribution in [0.3, 0.4) is 0 Å². The monoisotopic (exact) mass is 247 g/mol. The fraction of sp³-hybridized carbons (Fsp3) is 0.615. The maximum atomic E-state index is 7.29. The number of anilines is 1. The van der Waals surface area contributed by atoms with Crippen molar-refractivity contribution < 1.29 is 0 Å². The summed E-state index contributed by atoms with van der Waals surface area (Å²) in [5, 5.41) is 7.29. The highest BCUT2D eigenvalue weighted by atomic mass is 15.2. The zero-order chi connectivity index (χ0) is 13.1. The van der Waals surface area contributed by atoms with Crippen LogP contribution in [0.1, 0.15) is 38.3 Å². The third-order valence-electron chi connectivity index (χ3n) is 3.81. The average molecular weight is 247 g/mol. The van der Waals surface area contributed by atoms with Crippen LogP contribution >= 0.6 is 0 Å². The minimum Gasteiger partial charge on any atom is -0.382 e. The molecule has 5 heteroatoms. The second kappa shape index (κ2) is 5.33. The van der Waals surface area contributed by atoms with Crippen LogP contribution in [0.5, 0.6) is 0 Å². The number of aromatic nitrogens is 2. The summed E-state index contributed by atoms with van der Waals surface area (Å²) in [4.78, 5) is 10.7. The van der Waals surface area contributed by atoms with Gasteiger partial charge in [0, 0.05) is 13.1 Å². The maximum Gasteiger partial charge on any atom is 0.147 e. The van der Waals surface area contributed by atoms with E-state index in [1.807, 2.05) is 0 Å². The highest BCUT2D eigenvalue weighted by Gasteiger charge is 2.22. The van der Waals surface area contributed by atoms with E-state index in [0.717, 1.165) is 11.7 Å². The van der Waals surface area contributed by atoms with Gasteiger partial charge in [-0.2, -0.15) is 0 Å². The normalized spacial score (nSPS) is 23.7. The first-order chi connectivity index (χ1) is 8.58. The van der Waals surface area contributed by atoms with Crippen molar-refractivity contribution in [2.45, 2.75) is 38.6 Å². The van der Waals surface area contributed by atoms with Gasteiger partial charge in [-0.3, -0.25) is 5.41 Å². The van der Waals surface area contributed by atoms with E-state index in [2.05, 4.69) is 28.8 Å². The summed E-state index contributed by atoms with van der Waals surface area (Å²) in [5.74, 6) is 1.67. The third kappa shape index (κ3) is 2.78. The Labute approximate surface area is 108 Å². The lowest BCUT2D eigenvalue weighted by Crippen LogP contribution is -2.35. The van der Waals surface area contributed by atoms with Crippen LogP contribution in [0.15, 0.2) is 12.4 Å². The zero-order valence-corrected chi connectivity index (χ0v) is 11.1. The molecule has 18 heavy (non-hydrogen) atoms. The molecule has 2 rings (SSSR count). The van der Waals surface area contributed by atoms with E-state index in [0.29, 0.717) is 11.7 Å². The predicted octanol–water partition coefficient (Wildman–Crippen LogP) is 1.78. The Morgan fingerprint density at radius 3 is 2.44 bits per heavy atom. The second-order valence-corrected chi connectivity index (χ2v) is 5.20. The van der Waals surface area contributed by atoms with Gasteiger partial charge in [0.1, 0.15) is 17.3 Å². The van der Waals surface area contributed by atoms with Gasteiger partial charge in [-0.15, -0.1) is 0 Å². The highest BCUT2D eigenvalue weighted by Crippen LogP contribution is 2.28. The number of nitrogens with zero attached hydrogens (tertiary/aromatic N) is 3. The van der Waals surface area contributed by atoms with E-state index in [-0.39, 0.29) is 5.84 Å². The van der Waals surface area contributed by atoms with Gasteiger partial charge in [0.05, 0.1) is 12.4 Å². The quantitative estimate of drug-likeness (QED) is 0.630. The van der Waals surface area contributed by atoms with E-state index < -0.39 is 0 Å². The van der Waals surface area contributed by atoms with Crippen LogP contribution in [0.25, 0.3) is 0 Å². The topological polar surface area (TPSA) is 78.9 Å². The van der Waals surface area contributed by atoms with Crippen molar-refractivity contribution in [3.05, 3.63) is 18.1 Å². The summed E-state index contributed by atoms with van der Waals surface area (Å²) in [6.07, 6.45) is 8.28. The number of nitrogen functional groups attached to an aromatic ring is 1. The van der Waals surface area contributed by atoms with E-state index >= 15 is 0 Å². The Hall–Kier alpha value is -1.65. The Morgan fingerprint density at radius 2 is 1.94 bits per heavy atom. The first kappa shape index (κ1) is 12.8. The molecule has 0 aliphatic heterocycles. The van der Waals surface area contributed by atoms with Gasteiger partial charge in [0.25, 0.3) is 0 Å². The number of hydrogen-bond acceptors (Lipinski definition) is 4. The van der Waals surface area contributed by atoms with E-state index in [1.165, 1.54) is 25.7 Å². The van der Waals surface area contributed by atoms with Crippen molar-refractivity contribution in [3.63, 3.8) is 0 Å². The third-order valence-corrected chi connectivity index (χ3v) is 3.81. The summed E-state index contributed by atoms with van der Waals surface area (Å²) >= 11 is 0. The smallest absolute Gasteiger partial charge is 0.147 e. The molecule has 0 spiro atoms. The van der Waals surface area contributed by atoms with Gasteiger partial charge < -0.3 is 10.6 Å². The second-order valence-electron chi connectivity index (χ2n) is 5.20. The van der Waals surface area contributed by atoms with Crippen molar-refractivity contribution >= 4 is 11.7 Å². The van der Waals surface area contributed by atoms with Gasteiger partial charge in [0.15, 0.2) is 0 Å². The summed E-state index contributed by atoms with van der Waals surface area (Å²) in [7, 11) is 2.07. The molecular formula is C13H21N5. The molecule has 1 saturated carbocycles. The lowest BCUT2D eigenvalue weighted by Gasteiger charge is -2.34. The van der Waals surface area contributed by atoms with Crippen LogP contribution in [0.4, 0.5) is 5.82 Å². The molecule has 1 heterocycles. The van der Waals surface area contributed by atoms with E-state index in [4.69, 9.17) is 11.1 Å². The molecule has 0 saturated heterocycles. The molecule has 0 bridgehead atoms. The molecule has 0 amide bonds. The fourth-order valence-corrected chi connectivity index (χ4v) is 2.46. The summed E-state index contributed by atoms with van der Waals surface area (Å²) in [5.41, 5.74) is 5.80. The molecule has 1 aliphatic rings.